The summed E-state index contributed by atoms with van der Waals surface area (Å²) in [5, 5.41) is 0. The standard InChI is InChI=1S/C10H9BrN2O3S/c11-7-3-1-2-4-9(7)16-6-10-8(12)5-13-17(10,14)15/h1-5H,6,12H2. The van der Waals surface area contributed by atoms with Crippen LogP contribution in [-0.2, 0) is 10.0 Å². The molecule has 1 aliphatic heterocycles. The summed E-state index contributed by atoms with van der Waals surface area (Å²) >= 11 is 3.30. The number of benzene rings is 1. The van der Waals surface area contributed by atoms with Gasteiger partial charge in [-0.1, -0.05) is 12.1 Å². The summed E-state index contributed by atoms with van der Waals surface area (Å²) < 4.78 is 32.4. The highest BCUT2D eigenvalue weighted by atomic mass is 79.9. The fourth-order valence-corrected chi connectivity index (χ4v) is 2.61. The Bertz CT molecular complexity index is 608. The molecule has 0 spiro atoms. The van der Waals surface area contributed by atoms with Crippen LogP contribution in [-0.4, -0.2) is 21.2 Å². The molecule has 7 heteroatoms. The van der Waals surface area contributed by atoms with Crippen LogP contribution in [0.2, 0.25) is 0 Å². The third-order valence-electron chi connectivity index (χ3n) is 2.16. The van der Waals surface area contributed by atoms with Crippen molar-refractivity contribution in [1.82, 2.24) is 0 Å². The normalized spacial score (nSPS) is 17.5. The lowest BCUT2D eigenvalue weighted by Gasteiger charge is -2.08. The van der Waals surface area contributed by atoms with Crippen LogP contribution in [0.4, 0.5) is 0 Å². The van der Waals surface area contributed by atoms with Crippen molar-refractivity contribution in [3.63, 3.8) is 0 Å². The van der Waals surface area contributed by atoms with Crippen LogP contribution in [0.5, 0.6) is 5.75 Å². The van der Waals surface area contributed by atoms with Crippen molar-refractivity contribution >= 4 is 32.2 Å². The molecule has 1 aliphatic rings. The van der Waals surface area contributed by atoms with Gasteiger partial charge in [-0.3, -0.25) is 0 Å². The number of sulfonamides is 1. The molecule has 17 heavy (non-hydrogen) atoms. The monoisotopic (exact) mass is 316 g/mol. The van der Waals surface area contributed by atoms with Crippen LogP contribution in [0.1, 0.15) is 0 Å². The van der Waals surface area contributed by atoms with E-state index in [9.17, 15) is 8.42 Å². The molecule has 2 N–H and O–H groups in total. The van der Waals surface area contributed by atoms with E-state index in [0.717, 1.165) is 10.7 Å². The van der Waals surface area contributed by atoms with Gasteiger partial charge in [-0.2, -0.15) is 12.8 Å². The van der Waals surface area contributed by atoms with Gasteiger partial charge in [0.15, 0.2) is 0 Å². The predicted octanol–water partition coefficient (Wildman–Crippen LogP) is 1.41. The number of para-hydroxylation sites is 1. The first-order valence-corrected chi connectivity index (χ1v) is 6.90. The maximum atomic E-state index is 11.5. The summed E-state index contributed by atoms with van der Waals surface area (Å²) in [5.41, 5.74) is 5.64. The maximum absolute atomic E-state index is 11.5. The van der Waals surface area contributed by atoms with Gasteiger partial charge in [0.2, 0.25) is 0 Å². The first-order valence-electron chi connectivity index (χ1n) is 4.67. The topological polar surface area (TPSA) is 81.8 Å². The molecule has 1 aromatic carbocycles. The minimum absolute atomic E-state index is 0.00625. The highest BCUT2D eigenvalue weighted by Gasteiger charge is 2.25. The molecule has 0 radical (unpaired) electrons. The van der Waals surface area contributed by atoms with Gasteiger partial charge in [0.1, 0.15) is 17.3 Å². The molecular weight excluding hydrogens is 308 g/mol. The van der Waals surface area contributed by atoms with Crippen molar-refractivity contribution in [2.45, 2.75) is 0 Å². The van der Waals surface area contributed by atoms with Crippen LogP contribution in [0.3, 0.4) is 0 Å². The van der Waals surface area contributed by atoms with Crippen molar-refractivity contribution in [2.24, 2.45) is 10.1 Å². The van der Waals surface area contributed by atoms with Crippen molar-refractivity contribution < 1.29 is 13.2 Å². The average Bonchev–Trinajstić information content (AvgIpc) is 2.53. The van der Waals surface area contributed by atoms with Crippen LogP contribution >= 0.6 is 15.9 Å². The lowest BCUT2D eigenvalue weighted by molar-refractivity contribution is 0.355. The van der Waals surface area contributed by atoms with Crippen molar-refractivity contribution in [3.8, 4) is 5.75 Å². The molecule has 0 saturated heterocycles. The lowest BCUT2D eigenvalue weighted by Crippen LogP contribution is -2.12. The van der Waals surface area contributed by atoms with Crippen molar-refractivity contribution in [2.75, 3.05) is 6.61 Å². The number of ether oxygens (including phenoxy) is 1. The first-order chi connectivity index (χ1) is 8.00. The van der Waals surface area contributed by atoms with E-state index in [-0.39, 0.29) is 17.2 Å². The fourth-order valence-electron chi connectivity index (χ4n) is 1.27. The smallest absolute Gasteiger partial charge is 0.284 e. The van der Waals surface area contributed by atoms with E-state index in [4.69, 9.17) is 10.5 Å². The Labute approximate surface area is 107 Å². The van der Waals surface area contributed by atoms with Gasteiger partial charge < -0.3 is 10.5 Å². The number of nitrogens with zero attached hydrogens (tertiary/aromatic N) is 1. The third kappa shape index (κ3) is 2.50. The third-order valence-corrected chi connectivity index (χ3v) is 4.17. The summed E-state index contributed by atoms with van der Waals surface area (Å²) in [7, 11) is -3.64. The molecule has 2 rings (SSSR count). The molecule has 0 aromatic heterocycles. The minimum Gasteiger partial charge on any atom is -0.487 e. The Balaban J connectivity index is 2.16. The number of hydrogen-bond acceptors (Lipinski definition) is 4. The second-order valence-electron chi connectivity index (χ2n) is 3.31. The molecule has 0 bridgehead atoms. The molecule has 1 heterocycles. The summed E-state index contributed by atoms with van der Waals surface area (Å²) in [4.78, 5) is -0.00625. The molecule has 5 nitrogen and oxygen atoms in total. The van der Waals surface area contributed by atoms with Crippen LogP contribution in [0.15, 0.2) is 43.7 Å². The van der Waals surface area contributed by atoms with Gasteiger partial charge in [-0.15, -0.1) is 0 Å². The van der Waals surface area contributed by atoms with E-state index in [1.54, 1.807) is 18.2 Å². The van der Waals surface area contributed by atoms with Crippen LogP contribution in [0.25, 0.3) is 0 Å². The number of nitrogens with two attached hydrogens (primary N) is 1. The minimum atomic E-state index is -3.64. The number of allylic oxidation sites excluding steroid dienone is 1. The van der Waals surface area contributed by atoms with Crippen molar-refractivity contribution in [3.05, 3.63) is 39.3 Å². The number of rotatable bonds is 3. The lowest BCUT2D eigenvalue weighted by atomic mass is 10.3. The Hall–Kier alpha value is -1.34. The van der Waals surface area contributed by atoms with Gasteiger partial charge in [-0.05, 0) is 28.1 Å². The predicted molar refractivity (Wildman–Crippen MR) is 68.3 cm³/mol. The van der Waals surface area contributed by atoms with E-state index in [0.29, 0.717) is 5.75 Å². The Morgan fingerprint density at radius 1 is 1.35 bits per heavy atom. The van der Waals surface area contributed by atoms with E-state index in [1.807, 2.05) is 6.07 Å². The molecule has 0 unspecified atom stereocenters. The first kappa shape index (κ1) is 12.1. The average molecular weight is 317 g/mol. The zero-order valence-electron chi connectivity index (χ0n) is 8.63. The van der Waals surface area contributed by atoms with E-state index in [1.165, 1.54) is 0 Å². The number of hydrogen-bond donors (Lipinski definition) is 1. The van der Waals surface area contributed by atoms with Gasteiger partial charge in [0, 0.05) is 0 Å². The van der Waals surface area contributed by atoms with Gasteiger partial charge >= 0.3 is 0 Å². The zero-order valence-corrected chi connectivity index (χ0v) is 11.0. The molecule has 0 atom stereocenters. The zero-order chi connectivity index (χ0) is 12.5. The molecule has 0 fully saturated rings. The van der Waals surface area contributed by atoms with E-state index in [2.05, 4.69) is 20.3 Å². The summed E-state index contributed by atoms with van der Waals surface area (Å²) in [6, 6.07) is 7.15. The quantitative estimate of drug-likeness (QED) is 0.914. The molecule has 0 amide bonds. The van der Waals surface area contributed by atoms with Gasteiger partial charge in [0.05, 0.1) is 16.4 Å². The van der Waals surface area contributed by atoms with Crippen molar-refractivity contribution in [1.29, 1.82) is 0 Å². The largest absolute Gasteiger partial charge is 0.487 e. The van der Waals surface area contributed by atoms with Crippen LogP contribution in [0, 0.1) is 0 Å². The highest BCUT2D eigenvalue weighted by Crippen LogP contribution is 2.25. The fraction of sp³-hybridized carbons (Fsp3) is 0.100. The summed E-state index contributed by atoms with van der Waals surface area (Å²) in [5.74, 6) is 0.551. The second kappa shape index (κ2) is 4.50. The van der Waals surface area contributed by atoms with E-state index >= 15 is 0 Å². The number of halogens is 1. The summed E-state index contributed by atoms with van der Waals surface area (Å²) in [6.45, 7) is -0.128. The van der Waals surface area contributed by atoms with E-state index < -0.39 is 10.0 Å². The molecule has 0 aliphatic carbocycles. The van der Waals surface area contributed by atoms with Crippen LogP contribution < -0.4 is 10.5 Å². The Morgan fingerprint density at radius 2 is 2.06 bits per heavy atom. The Morgan fingerprint density at radius 3 is 2.65 bits per heavy atom. The summed E-state index contributed by atoms with van der Waals surface area (Å²) in [6.07, 6.45) is 1.12. The SMILES string of the molecule is NC1=C(COc2ccccc2Br)S(=O)(=O)N=C1. The second-order valence-corrected chi connectivity index (χ2v) is 5.82. The van der Waals surface area contributed by atoms with Gasteiger partial charge in [-0.25, -0.2) is 0 Å². The molecular formula is C10H9BrN2O3S. The van der Waals surface area contributed by atoms with Gasteiger partial charge in [0.25, 0.3) is 10.0 Å². The molecule has 90 valence electrons. The maximum Gasteiger partial charge on any atom is 0.284 e. The highest BCUT2D eigenvalue weighted by molar-refractivity contribution is 9.10. The Kier molecular flexibility index (Phi) is 3.21. The molecule has 1 aromatic rings. The molecule has 0 saturated carbocycles.